The third-order valence-corrected chi connectivity index (χ3v) is 2.43. The van der Waals surface area contributed by atoms with Gasteiger partial charge in [-0.25, -0.2) is 0 Å². The smallest absolute Gasteiger partial charge is 0.106 e. The second-order valence-corrected chi connectivity index (χ2v) is 3.20. The highest BCUT2D eigenvalue weighted by Crippen LogP contribution is 2.21. The lowest BCUT2D eigenvalue weighted by molar-refractivity contribution is 1.41. The zero-order valence-corrected chi connectivity index (χ0v) is 9.77. The van der Waals surface area contributed by atoms with Crippen LogP contribution in [0.5, 0.6) is 0 Å². The lowest BCUT2D eigenvalue weighted by atomic mass is 10.2. The fraction of sp³-hybridized carbons (Fsp3) is 0.400. The highest BCUT2D eigenvalue weighted by atomic mass is 32.1. The van der Waals surface area contributed by atoms with Crippen molar-refractivity contribution in [1.82, 2.24) is 8.75 Å². The number of hydrogen-bond donors (Lipinski definition) is 1. The van der Waals surface area contributed by atoms with Gasteiger partial charge in [0.2, 0.25) is 0 Å². The fourth-order valence-corrected chi connectivity index (χ4v) is 1.71. The Morgan fingerprint density at radius 2 is 1.71 bits per heavy atom. The summed E-state index contributed by atoms with van der Waals surface area (Å²) in [6, 6.07) is 4.07. The van der Waals surface area contributed by atoms with Crippen molar-refractivity contribution in [1.29, 1.82) is 0 Å². The van der Waals surface area contributed by atoms with Crippen molar-refractivity contribution in [2.75, 3.05) is 12.4 Å². The molecule has 0 fully saturated rings. The predicted molar refractivity (Wildman–Crippen MR) is 63.0 cm³/mol. The van der Waals surface area contributed by atoms with Gasteiger partial charge in [0.05, 0.1) is 11.7 Å². The van der Waals surface area contributed by atoms with Gasteiger partial charge in [0.15, 0.2) is 0 Å². The highest BCUT2D eigenvalue weighted by Gasteiger charge is 2.02. The summed E-state index contributed by atoms with van der Waals surface area (Å²) in [4.78, 5) is 0. The van der Waals surface area contributed by atoms with Gasteiger partial charge < -0.3 is 5.32 Å². The first-order chi connectivity index (χ1) is 6.81. The first-order valence-corrected chi connectivity index (χ1v) is 5.45. The van der Waals surface area contributed by atoms with E-state index >= 15 is 0 Å². The number of aromatic nitrogens is 2. The topological polar surface area (TPSA) is 37.8 Å². The number of nitrogens with zero attached hydrogens (tertiary/aromatic N) is 2. The lowest BCUT2D eigenvalue weighted by Crippen LogP contribution is -1.90. The van der Waals surface area contributed by atoms with E-state index in [1.165, 1.54) is 17.3 Å². The van der Waals surface area contributed by atoms with E-state index in [9.17, 15) is 0 Å². The molecule has 4 heteroatoms. The summed E-state index contributed by atoms with van der Waals surface area (Å²) in [5, 5.41) is 3.11. The van der Waals surface area contributed by atoms with Gasteiger partial charge in [0.25, 0.3) is 0 Å². The summed E-state index contributed by atoms with van der Waals surface area (Å²) in [5.74, 6) is 0. The van der Waals surface area contributed by atoms with Crippen molar-refractivity contribution >= 4 is 28.4 Å². The van der Waals surface area contributed by atoms with Gasteiger partial charge in [-0.15, -0.1) is 0 Å². The zero-order chi connectivity index (χ0) is 10.6. The van der Waals surface area contributed by atoms with Crippen LogP contribution in [0, 0.1) is 6.92 Å². The van der Waals surface area contributed by atoms with Gasteiger partial charge in [-0.3, -0.25) is 0 Å². The van der Waals surface area contributed by atoms with E-state index in [2.05, 4.69) is 21.0 Å². The summed E-state index contributed by atoms with van der Waals surface area (Å²) >= 11 is 1.25. The molecule has 1 heterocycles. The Bertz CT molecular complexity index is 409. The second kappa shape index (κ2) is 4.91. The Labute approximate surface area is 88.5 Å². The highest BCUT2D eigenvalue weighted by molar-refractivity contribution is 7.00. The molecule has 1 aromatic carbocycles. The Balaban J connectivity index is 0.000000461. The fourth-order valence-electron chi connectivity index (χ4n) is 1.21. The molecule has 0 spiro atoms. The second-order valence-electron chi connectivity index (χ2n) is 2.67. The molecule has 0 aliphatic carbocycles. The van der Waals surface area contributed by atoms with Gasteiger partial charge in [-0.05, 0) is 24.6 Å². The maximum absolute atomic E-state index is 4.16. The van der Waals surface area contributed by atoms with Crippen LogP contribution in [0.15, 0.2) is 12.1 Å². The standard InChI is InChI=1S/C8H9N3S.C2H6/c1-5-3-7-8(11-12-10-7)4-6(5)9-2;1-2/h3-4,9H,1-2H3;1-2H3. The molecule has 3 nitrogen and oxygen atoms in total. The van der Waals surface area contributed by atoms with Crippen molar-refractivity contribution in [2.24, 2.45) is 0 Å². The van der Waals surface area contributed by atoms with E-state index in [1.807, 2.05) is 33.0 Å². The molecule has 1 aromatic heterocycles. The molecule has 0 aliphatic heterocycles. The molecule has 76 valence electrons. The molecular weight excluding hydrogens is 194 g/mol. The first kappa shape index (κ1) is 10.9. The molecule has 0 saturated carbocycles. The molecule has 0 unspecified atom stereocenters. The Morgan fingerprint density at radius 1 is 1.14 bits per heavy atom. The van der Waals surface area contributed by atoms with E-state index in [4.69, 9.17) is 0 Å². The Kier molecular flexibility index (Phi) is 3.83. The molecule has 0 aliphatic rings. The number of hydrogen-bond acceptors (Lipinski definition) is 4. The molecule has 14 heavy (non-hydrogen) atoms. The number of benzene rings is 1. The number of nitrogens with one attached hydrogen (secondary N) is 1. The maximum atomic E-state index is 4.16. The predicted octanol–water partition coefficient (Wildman–Crippen LogP) is 3.07. The van der Waals surface area contributed by atoms with Gasteiger partial charge in [-0.1, -0.05) is 13.8 Å². The van der Waals surface area contributed by atoms with Crippen LogP contribution in [-0.2, 0) is 0 Å². The maximum Gasteiger partial charge on any atom is 0.106 e. The van der Waals surface area contributed by atoms with Crippen molar-refractivity contribution in [3.8, 4) is 0 Å². The van der Waals surface area contributed by atoms with Gasteiger partial charge in [-0.2, -0.15) is 8.75 Å². The van der Waals surface area contributed by atoms with Crippen molar-refractivity contribution < 1.29 is 0 Å². The van der Waals surface area contributed by atoms with Gasteiger partial charge in [0, 0.05) is 12.7 Å². The van der Waals surface area contributed by atoms with Crippen molar-refractivity contribution in [3.05, 3.63) is 17.7 Å². The molecular formula is C10H15N3S. The molecule has 2 rings (SSSR count). The summed E-state index contributed by atoms with van der Waals surface area (Å²) in [5.41, 5.74) is 4.28. The number of anilines is 1. The average molecular weight is 209 g/mol. The minimum Gasteiger partial charge on any atom is -0.388 e. The van der Waals surface area contributed by atoms with Gasteiger partial charge in [0.1, 0.15) is 11.0 Å². The third-order valence-electron chi connectivity index (χ3n) is 1.87. The van der Waals surface area contributed by atoms with Crippen LogP contribution in [0.3, 0.4) is 0 Å². The SMILES string of the molecule is CC.CNc1cc2nsnc2cc1C. The van der Waals surface area contributed by atoms with Crippen LogP contribution in [0.1, 0.15) is 19.4 Å². The van der Waals surface area contributed by atoms with Crippen molar-refractivity contribution in [3.63, 3.8) is 0 Å². The van der Waals surface area contributed by atoms with E-state index < -0.39 is 0 Å². The van der Waals surface area contributed by atoms with Gasteiger partial charge >= 0.3 is 0 Å². The minimum atomic E-state index is 0.968. The molecule has 0 saturated heterocycles. The quantitative estimate of drug-likeness (QED) is 0.784. The molecule has 0 amide bonds. The van der Waals surface area contributed by atoms with E-state index in [0.29, 0.717) is 0 Å². The van der Waals surface area contributed by atoms with Crippen LogP contribution < -0.4 is 5.32 Å². The zero-order valence-electron chi connectivity index (χ0n) is 8.96. The van der Waals surface area contributed by atoms with Crippen molar-refractivity contribution in [2.45, 2.75) is 20.8 Å². The largest absolute Gasteiger partial charge is 0.388 e. The first-order valence-electron chi connectivity index (χ1n) is 4.72. The van der Waals surface area contributed by atoms with Crippen LogP contribution in [-0.4, -0.2) is 15.8 Å². The van der Waals surface area contributed by atoms with Crippen LogP contribution >= 0.6 is 11.7 Å². The van der Waals surface area contributed by atoms with E-state index in [1.54, 1.807) is 0 Å². The van der Waals surface area contributed by atoms with Crippen LogP contribution in [0.4, 0.5) is 5.69 Å². The van der Waals surface area contributed by atoms with Crippen LogP contribution in [0.25, 0.3) is 11.0 Å². The van der Waals surface area contributed by atoms with E-state index in [0.717, 1.165) is 16.7 Å². The molecule has 0 bridgehead atoms. The van der Waals surface area contributed by atoms with E-state index in [-0.39, 0.29) is 0 Å². The van der Waals surface area contributed by atoms with Crippen LogP contribution in [0.2, 0.25) is 0 Å². The number of aryl methyl sites for hydroxylation is 1. The molecule has 0 atom stereocenters. The Morgan fingerprint density at radius 3 is 2.29 bits per heavy atom. The Hall–Kier alpha value is -1.16. The number of fused-ring (bicyclic) bond motifs is 1. The summed E-state index contributed by atoms with van der Waals surface area (Å²) in [7, 11) is 1.91. The normalized spacial score (nSPS) is 9.43. The summed E-state index contributed by atoms with van der Waals surface area (Å²) in [6.45, 7) is 6.06. The summed E-state index contributed by atoms with van der Waals surface area (Å²) < 4.78 is 8.32. The monoisotopic (exact) mass is 209 g/mol. The lowest BCUT2D eigenvalue weighted by Gasteiger charge is -2.02. The summed E-state index contributed by atoms with van der Waals surface area (Å²) in [6.07, 6.45) is 0. The number of rotatable bonds is 1. The average Bonchev–Trinajstić information content (AvgIpc) is 2.66. The molecule has 2 aromatic rings. The third kappa shape index (κ3) is 2.01. The molecule has 0 radical (unpaired) electrons. The molecule has 1 N–H and O–H groups in total. The minimum absolute atomic E-state index is 0.968.